The predicted molar refractivity (Wildman–Crippen MR) is 72.0 cm³/mol. The number of aromatic hydroxyl groups is 1. The van der Waals surface area contributed by atoms with Crippen LogP contribution < -0.4 is 5.32 Å². The average Bonchev–Trinajstić information content (AvgIpc) is 2.49. The first-order chi connectivity index (χ1) is 9.69. The minimum absolute atomic E-state index is 0.381. The van der Waals surface area contributed by atoms with Crippen LogP contribution in [-0.4, -0.2) is 28.7 Å². The SMILES string of the molecule is CNc1nc(-c2ccc(O)c(F)c2)nc2c1COCC2. The van der Waals surface area contributed by atoms with E-state index in [0.717, 1.165) is 11.3 Å². The van der Waals surface area contributed by atoms with Crippen LogP contribution in [0, 0.1) is 5.82 Å². The van der Waals surface area contributed by atoms with Crippen LogP contribution in [0.25, 0.3) is 11.4 Å². The Balaban J connectivity index is 2.11. The van der Waals surface area contributed by atoms with Gasteiger partial charge in [0.2, 0.25) is 0 Å². The van der Waals surface area contributed by atoms with Crippen molar-refractivity contribution in [1.29, 1.82) is 0 Å². The number of hydrogen-bond donors (Lipinski definition) is 2. The summed E-state index contributed by atoms with van der Waals surface area (Å²) in [6, 6.07) is 4.13. The van der Waals surface area contributed by atoms with Crippen molar-refractivity contribution in [3.05, 3.63) is 35.3 Å². The van der Waals surface area contributed by atoms with Crippen LogP contribution in [0.2, 0.25) is 0 Å². The van der Waals surface area contributed by atoms with Crippen molar-refractivity contribution in [2.75, 3.05) is 19.0 Å². The lowest BCUT2D eigenvalue weighted by molar-refractivity contribution is 0.109. The Hall–Kier alpha value is -2.21. The number of phenolic OH excluding ortho intramolecular Hbond substituents is 1. The van der Waals surface area contributed by atoms with Crippen LogP contribution in [0.3, 0.4) is 0 Å². The summed E-state index contributed by atoms with van der Waals surface area (Å²) >= 11 is 0. The number of phenols is 1. The van der Waals surface area contributed by atoms with E-state index in [0.29, 0.717) is 36.8 Å². The molecule has 0 amide bonds. The maximum absolute atomic E-state index is 13.4. The van der Waals surface area contributed by atoms with E-state index in [1.807, 2.05) is 0 Å². The molecule has 104 valence electrons. The van der Waals surface area contributed by atoms with Crippen LogP contribution in [0.5, 0.6) is 5.75 Å². The molecule has 2 heterocycles. The molecule has 0 atom stereocenters. The van der Waals surface area contributed by atoms with Crippen LogP contribution in [0.1, 0.15) is 11.3 Å². The highest BCUT2D eigenvalue weighted by molar-refractivity contribution is 5.61. The van der Waals surface area contributed by atoms with Crippen molar-refractivity contribution in [2.45, 2.75) is 13.0 Å². The largest absolute Gasteiger partial charge is 0.505 e. The van der Waals surface area contributed by atoms with Gasteiger partial charge in [0.15, 0.2) is 17.4 Å². The van der Waals surface area contributed by atoms with Crippen molar-refractivity contribution >= 4 is 5.82 Å². The number of rotatable bonds is 2. The summed E-state index contributed by atoms with van der Waals surface area (Å²) in [5.74, 6) is 0.0687. The molecule has 1 aromatic heterocycles. The van der Waals surface area contributed by atoms with Crippen LogP contribution in [-0.2, 0) is 17.8 Å². The first kappa shape index (κ1) is 12.8. The van der Waals surface area contributed by atoms with Crippen LogP contribution in [0.15, 0.2) is 18.2 Å². The zero-order valence-corrected chi connectivity index (χ0v) is 11.0. The van der Waals surface area contributed by atoms with E-state index in [4.69, 9.17) is 4.74 Å². The van der Waals surface area contributed by atoms with Gasteiger partial charge in [0.25, 0.3) is 0 Å². The average molecular weight is 275 g/mol. The van der Waals surface area contributed by atoms with E-state index >= 15 is 0 Å². The number of anilines is 1. The third-order valence-corrected chi connectivity index (χ3v) is 3.27. The van der Waals surface area contributed by atoms with Gasteiger partial charge in [-0.2, -0.15) is 0 Å². The summed E-state index contributed by atoms with van der Waals surface area (Å²) < 4.78 is 18.9. The third kappa shape index (κ3) is 2.18. The molecule has 0 bridgehead atoms. The molecule has 0 saturated heterocycles. The Morgan fingerprint density at radius 2 is 2.20 bits per heavy atom. The molecule has 6 heteroatoms. The lowest BCUT2D eigenvalue weighted by Gasteiger charge is -2.19. The molecule has 2 N–H and O–H groups in total. The Morgan fingerprint density at radius 1 is 1.35 bits per heavy atom. The number of hydrogen-bond acceptors (Lipinski definition) is 5. The van der Waals surface area contributed by atoms with E-state index in [2.05, 4.69) is 15.3 Å². The van der Waals surface area contributed by atoms with E-state index in [9.17, 15) is 9.50 Å². The minimum atomic E-state index is -0.682. The predicted octanol–water partition coefficient (Wildman–Crippen LogP) is 2.10. The van der Waals surface area contributed by atoms with Gasteiger partial charge in [0.05, 0.1) is 18.9 Å². The molecular formula is C14H14FN3O2. The van der Waals surface area contributed by atoms with Crippen molar-refractivity contribution in [3.8, 4) is 17.1 Å². The standard InChI is InChI=1S/C14H14FN3O2/c1-16-14-9-7-20-5-4-11(9)17-13(18-14)8-2-3-12(19)10(15)6-8/h2-3,6,19H,4-5,7H2,1H3,(H,16,17,18). The monoisotopic (exact) mass is 275 g/mol. The summed E-state index contributed by atoms with van der Waals surface area (Å²) in [6.45, 7) is 1.10. The number of halogens is 1. The van der Waals surface area contributed by atoms with Gasteiger partial charge in [-0.1, -0.05) is 0 Å². The highest BCUT2D eigenvalue weighted by Gasteiger charge is 2.18. The van der Waals surface area contributed by atoms with Gasteiger partial charge in [-0.3, -0.25) is 0 Å². The van der Waals surface area contributed by atoms with Gasteiger partial charge in [0, 0.05) is 24.6 Å². The number of fused-ring (bicyclic) bond motifs is 1. The maximum Gasteiger partial charge on any atom is 0.165 e. The fourth-order valence-corrected chi connectivity index (χ4v) is 2.21. The lowest BCUT2D eigenvalue weighted by Crippen LogP contribution is -2.16. The maximum atomic E-state index is 13.4. The second-order valence-electron chi connectivity index (χ2n) is 4.54. The summed E-state index contributed by atoms with van der Waals surface area (Å²) in [4.78, 5) is 8.88. The molecule has 1 aliphatic heterocycles. The first-order valence-corrected chi connectivity index (χ1v) is 6.33. The molecule has 0 unspecified atom stereocenters. The summed E-state index contributed by atoms with van der Waals surface area (Å²) in [5.41, 5.74) is 2.40. The van der Waals surface area contributed by atoms with Crippen molar-refractivity contribution in [3.63, 3.8) is 0 Å². The van der Waals surface area contributed by atoms with Gasteiger partial charge < -0.3 is 15.2 Å². The van der Waals surface area contributed by atoms with E-state index in [-0.39, 0.29) is 5.75 Å². The van der Waals surface area contributed by atoms with E-state index in [1.54, 1.807) is 13.1 Å². The van der Waals surface area contributed by atoms with E-state index in [1.165, 1.54) is 12.1 Å². The summed E-state index contributed by atoms with van der Waals surface area (Å²) in [5, 5.41) is 12.3. The normalized spacial score (nSPS) is 13.9. The molecule has 1 aliphatic rings. The lowest BCUT2D eigenvalue weighted by atomic mass is 10.1. The number of ether oxygens (including phenoxy) is 1. The molecule has 5 nitrogen and oxygen atoms in total. The fraction of sp³-hybridized carbons (Fsp3) is 0.286. The van der Waals surface area contributed by atoms with Crippen molar-refractivity contribution in [1.82, 2.24) is 9.97 Å². The van der Waals surface area contributed by atoms with Gasteiger partial charge in [-0.25, -0.2) is 14.4 Å². The van der Waals surface area contributed by atoms with Gasteiger partial charge in [0.1, 0.15) is 5.82 Å². The molecule has 0 fully saturated rings. The molecule has 0 aliphatic carbocycles. The molecule has 0 radical (unpaired) electrons. The van der Waals surface area contributed by atoms with Crippen LogP contribution in [0.4, 0.5) is 10.2 Å². The zero-order chi connectivity index (χ0) is 14.1. The zero-order valence-electron chi connectivity index (χ0n) is 11.0. The molecule has 3 rings (SSSR count). The highest BCUT2D eigenvalue weighted by Crippen LogP contribution is 2.27. The molecule has 0 spiro atoms. The van der Waals surface area contributed by atoms with Crippen molar-refractivity contribution < 1.29 is 14.2 Å². The highest BCUT2D eigenvalue weighted by atomic mass is 19.1. The Bertz CT molecular complexity index is 644. The molecular weight excluding hydrogens is 261 g/mol. The molecule has 2 aromatic rings. The molecule has 20 heavy (non-hydrogen) atoms. The van der Waals surface area contributed by atoms with Crippen molar-refractivity contribution in [2.24, 2.45) is 0 Å². The summed E-state index contributed by atoms with van der Waals surface area (Å²) in [6.07, 6.45) is 0.708. The van der Waals surface area contributed by atoms with Crippen LogP contribution >= 0.6 is 0 Å². The van der Waals surface area contributed by atoms with E-state index < -0.39 is 5.82 Å². The number of nitrogens with zero attached hydrogens (tertiary/aromatic N) is 2. The van der Waals surface area contributed by atoms with Gasteiger partial charge in [-0.05, 0) is 18.2 Å². The molecule has 1 aromatic carbocycles. The fourth-order valence-electron chi connectivity index (χ4n) is 2.21. The minimum Gasteiger partial charge on any atom is -0.505 e. The van der Waals surface area contributed by atoms with Gasteiger partial charge >= 0.3 is 0 Å². The topological polar surface area (TPSA) is 67.3 Å². The quantitative estimate of drug-likeness (QED) is 0.878. The molecule has 0 saturated carbocycles. The number of nitrogens with one attached hydrogen (secondary N) is 1. The second kappa shape index (κ2) is 5.05. The Morgan fingerprint density at radius 3 is 2.95 bits per heavy atom. The Kier molecular flexibility index (Phi) is 3.23. The third-order valence-electron chi connectivity index (χ3n) is 3.27. The first-order valence-electron chi connectivity index (χ1n) is 6.33. The second-order valence-corrected chi connectivity index (χ2v) is 4.54. The van der Waals surface area contributed by atoms with Gasteiger partial charge in [-0.15, -0.1) is 0 Å². The number of benzene rings is 1. The Labute approximate surface area is 115 Å². The summed E-state index contributed by atoms with van der Waals surface area (Å²) in [7, 11) is 1.78. The smallest absolute Gasteiger partial charge is 0.165 e. The number of aromatic nitrogens is 2.